The van der Waals surface area contributed by atoms with E-state index in [4.69, 9.17) is 14.4 Å². The maximum absolute atomic E-state index is 8.74. The summed E-state index contributed by atoms with van der Waals surface area (Å²) in [5.74, 6) is 0. The maximum Gasteiger partial charge on any atom is 0.314 e. The first-order valence-corrected chi connectivity index (χ1v) is 10.5. The molecule has 3 nitrogen and oxygen atoms in total. The Labute approximate surface area is 139 Å². The minimum absolute atomic E-state index is 1.31. The average Bonchev–Trinajstić information content (AvgIpc) is 2.47. The van der Waals surface area contributed by atoms with Crippen molar-refractivity contribution in [3.63, 3.8) is 0 Å². The highest BCUT2D eigenvalue weighted by molar-refractivity contribution is 7.30. The summed E-state index contributed by atoms with van der Waals surface area (Å²) in [4.78, 5) is 14.3. The van der Waals surface area contributed by atoms with Gasteiger partial charge < -0.3 is 9.79 Å². The first-order valence-electron chi connectivity index (χ1n) is 9.22. The Hall–Kier alpha value is -0.110. The molecule has 0 saturated carbocycles. The van der Waals surface area contributed by atoms with Gasteiger partial charge in [0.2, 0.25) is 0 Å². The van der Waals surface area contributed by atoms with Crippen molar-refractivity contribution < 1.29 is 14.4 Å². The van der Waals surface area contributed by atoms with E-state index in [0.717, 1.165) is 0 Å². The summed E-state index contributed by atoms with van der Waals surface area (Å²) in [6.45, 7) is 4.57. The summed E-state index contributed by atoms with van der Waals surface area (Å²) in [5.41, 5.74) is 0. The Bertz CT molecular complexity index is 220. The van der Waals surface area contributed by atoms with Crippen LogP contribution >= 0.6 is 8.25 Å². The Morgan fingerprint density at radius 1 is 0.636 bits per heavy atom. The van der Waals surface area contributed by atoms with E-state index in [-0.39, 0.29) is 0 Å². The van der Waals surface area contributed by atoms with E-state index in [9.17, 15) is 0 Å². The maximum atomic E-state index is 8.74. The van der Waals surface area contributed by atoms with Gasteiger partial charge >= 0.3 is 8.25 Å². The number of unbranched alkanes of at least 4 members (excludes halogenated alkanes) is 12. The molecule has 0 aromatic rings. The molecule has 0 aliphatic heterocycles. The van der Waals surface area contributed by atoms with Gasteiger partial charge in [-0.05, 0) is 25.7 Å². The molecular formula is C18H39O3P. The van der Waals surface area contributed by atoms with Crippen LogP contribution in [-0.2, 0) is 4.57 Å². The van der Waals surface area contributed by atoms with E-state index in [1.165, 1.54) is 89.9 Å². The minimum Gasteiger partial charge on any atom is -0.326 e. The molecule has 134 valence electrons. The van der Waals surface area contributed by atoms with Crippen LogP contribution in [0.4, 0.5) is 0 Å². The Morgan fingerprint density at radius 3 is 1.23 bits per heavy atom. The highest BCUT2D eigenvalue weighted by atomic mass is 31.1. The molecule has 22 heavy (non-hydrogen) atoms. The lowest BCUT2D eigenvalue weighted by atomic mass is 10.1. The third-order valence-corrected chi connectivity index (χ3v) is 3.62. The lowest BCUT2D eigenvalue weighted by molar-refractivity contribution is 0.405. The molecule has 0 amide bonds. The van der Waals surface area contributed by atoms with Crippen LogP contribution in [0.3, 0.4) is 0 Å². The molecule has 0 unspecified atom stereocenters. The third-order valence-electron chi connectivity index (χ3n) is 3.62. The second kappa shape index (κ2) is 23.2. The van der Waals surface area contributed by atoms with Crippen molar-refractivity contribution in [1.29, 1.82) is 0 Å². The number of allylic oxidation sites excluding steroid dienone is 2. The van der Waals surface area contributed by atoms with Crippen LogP contribution in [-0.4, -0.2) is 9.79 Å². The fourth-order valence-corrected chi connectivity index (χ4v) is 2.32. The molecule has 0 heterocycles. The molecule has 4 heteroatoms. The zero-order valence-corrected chi connectivity index (χ0v) is 15.9. The van der Waals surface area contributed by atoms with Crippen LogP contribution in [0.5, 0.6) is 0 Å². The van der Waals surface area contributed by atoms with Crippen molar-refractivity contribution in [2.24, 2.45) is 0 Å². The van der Waals surface area contributed by atoms with Gasteiger partial charge in [-0.2, -0.15) is 0 Å². The fourth-order valence-electron chi connectivity index (χ4n) is 2.32. The van der Waals surface area contributed by atoms with Crippen molar-refractivity contribution in [2.75, 3.05) is 0 Å². The lowest BCUT2D eigenvalue weighted by Crippen LogP contribution is -1.79. The van der Waals surface area contributed by atoms with E-state index >= 15 is 0 Å². The molecule has 0 aliphatic carbocycles. The van der Waals surface area contributed by atoms with Gasteiger partial charge in [0.25, 0.3) is 0 Å². The SMILES string of the molecule is CCCCCCCC/C=C\CCCCCCCC.O=[PH](O)O. The predicted molar refractivity (Wildman–Crippen MR) is 98.6 cm³/mol. The zero-order valence-electron chi connectivity index (χ0n) is 14.9. The van der Waals surface area contributed by atoms with Crippen molar-refractivity contribution in [3.8, 4) is 0 Å². The van der Waals surface area contributed by atoms with Gasteiger partial charge in [-0.15, -0.1) is 0 Å². The minimum atomic E-state index is -3.13. The molecular weight excluding hydrogens is 295 g/mol. The summed E-state index contributed by atoms with van der Waals surface area (Å²) in [6.07, 6.45) is 24.4. The standard InChI is InChI=1S/C18H36.H3O3P/c1-3-5-7-9-11-13-15-17-18-16-14-12-10-8-6-4-2;1-4(2)3/h17-18H,3-16H2,1-2H3;4H,(H2,1,2,3)/b18-17-;. The first-order chi connectivity index (χ1) is 10.6. The van der Waals surface area contributed by atoms with Crippen molar-refractivity contribution >= 4 is 8.25 Å². The largest absolute Gasteiger partial charge is 0.326 e. The molecule has 0 radical (unpaired) electrons. The molecule has 0 saturated heterocycles. The molecule has 0 aliphatic rings. The second-order valence-corrected chi connectivity index (χ2v) is 6.43. The molecule has 0 aromatic heterocycles. The van der Waals surface area contributed by atoms with E-state index in [0.29, 0.717) is 0 Å². The van der Waals surface area contributed by atoms with E-state index < -0.39 is 8.25 Å². The monoisotopic (exact) mass is 334 g/mol. The lowest BCUT2D eigenvalue weighted by Gasteiger charge is -1.98. The zero-order chi connectivity index (χ0) is 16.9. The van der Waals surface area contributed by atoms with Gasteiger partial charge in [0.1, 0.15) is 0 Å². The molecule has 2 N–H and O–H groups in total. The average molecular weight is 334 g/mol. The normalized spacial score (nSPS) is 11.0. The van der Waals surface area contributed by atoms with E-state index in [2.05, 4.69) is 26.0 Å². The Balaban J connectivity index is 0. The quantitative estimate of drug-likeness (QED) is 0.219. The van der Waals surface area contributed by atoms with Gasteiger partial charge in [-0.25, -0.2) is 0 Å². The summed E-state index contributed by atoms with van der Waals surface area (Å²) < 4.78 is 8.74. The molecule has 0 fully saturated rings. The van der Waals surface area contributed by atoms with Gasteiger partial charge in [0, 0.05) is 0 Å². The van der Waals surface area contributed by atoms with Crippen LogP contribution < -0.4 is 0 Å². The van der Waals surface area contributed by atoms with Gasteiger partial charge in [-0.1, -0.05) is 90.2 Å². The Kier molecular flexibility index (Phi) is 25.4. The van der Waals surface area contributed by atoms with Crippen molar-refractivity contribution in [1.82, 2.24) is 0 Å². The van der Waals surface area contributed by atoms with Gasteiger partial charge in [-0.3, -0.25) is 4.57 Å². The summed E-state index contributed by atoms with van der Waals surface area (Å²) >= 11 is 0. The Morgan fingerprint density at radius 2 is 0.909 bits per heavy atom. The molecule has 0 bridgehead atoms. The van der Waals surface area contributed by atoms with Crippen molar-refractivity contribution in [3.05, 3.63) is 12.2 Å². The number of rotatable bonds is 14. The molecule has 0 spiro atoms. The summed E-state index contributed by atoms with van der Waals surface area (Å²) in [5, 5.41) is 0. The third kappa shape index (κ3) is 32.0. The molecule has 0 aromatic carbocycles. The topological polar surface area (TPSA) is 57.5 Å². The summed E-state index contributed by atoms with van der Waals surface area (Å²) in [7, 11) is -3.13. The van der Waals surface area contributed by atoms with Crippen LogP contribution in [0.1, 0.15) is 104 Å². The predicted octanol–water partition coefficient (Wildman–Crippen LogP) is 6.40. The van der Waals surface area contributed by atoms with Crippen LogP contribution in [0.2, 0.25) is 0 Å². The van der Waals surface area contributed by atoms with Crippen LogP contribution in [0.25, 0.3) is 0 Å². The van der Waals surface area contributed by atoms with Gasteiger partial charge in [0.15, 0.2) is 0 Å². The molecule has 0 rings (SSSR count). The number of hydrogen-bond donors (Lipinski definition) is 2. The van der Waals surface area contributed by atoms with Crippen LogP contribution in [0.15, 0.2) is 12.2 Å². The van der Waals surface area contributed by atoms with Crippen molar-refractivity contribution in [2.45, 2.75) is 104 Å². The fraction of sp³-hybridized carbons (Fsp3) is 0.889. The molecule has 0 atom stereocenters. The van der Waals surface area contributed by atoms with Crippen LogP contribution in [0, 0.1) is 0 Å². The van der Waals surface area contributed by atoms with E-state index in [1.54, 1.807) is 0 Å². The first kappa shape index (κ1) is 24.1. The van der Waals surface area contributed by atoms with E-state index in [1.807, 2.05) is 0 Å². The smallest absolute Gasteiger partial charge is 0.314 e. The number of hydrogen-bond acceptors (Lipinski definition) is 1. The highest BCUT2D eigenvalue weighted by Gasteiger charge is 1.89. The summed E-state index contributed by atoms with van der Waals surface area (Å²) in [6, 6.07) is 0. The second-order valence-electron chi connectivity index (χ2n) is 5.87. The highest BCUT2D eigenvalue weighted by Crippen LogP contribution is 2.09. The van der Waals surface area contributed by atoms with Gasteiger partial charge in [0.05, 0.1) is 0 Å².